The van der Waals surface area contributed by atoms with Crippen LogP contribution in [0.15, 0.2) is 18.2 Å². The van der Waals surface area contributed by atoms with Crippen LogP contribution in [0.3, 0.4) is 0 Å². The molecule has 0 bridgehead atoms. The third kappa shape index (κ3) is 10.1. The molecular weight excluding hydrogens is 652 g/mol. The van der Waals surface area contributed by atoms with Gasteiger partial charge in [0.05, 0.1) is 32.2 Å². The lowest BCUT2D eigenvalue weighted by Crippen LogP contribution is -2.57. The topological polar surface area (TPSA) is 114 Å². The molecule has 1 aromatic carbocycles. The minimum Gasteiger partial charge on any atom is -0.493 e. The Labute approximate surface area is 314 Å². The highest BCUT2D eigenvalue weighted by Gasteiger charge is 2.62. The molecule has 1 unspecified atom stereocenters. The van der Waals surface area contributed by atoms with Gasteiger partial charge in [0.25, 0.3) is 0 Å². The highest BCUT2D eigenvalue weighted by molar-refractivity contribution is 5.79. The van der Waals surface area contributed by atoms with Crippen molar-refractivity contribution in [3.8, 4) is 11.5 Å². The summed E-state index contributed by atoms with van der Waals surface area (Å²) in [5.74, 6) is 4.70. The molecule has 8 atom stereocenters. The van der Waals surface area contributed by atoms with Crippen molar-refractivity contribution in [2.24, 2.45) is 40.4 Å². The molecule has 2 amide bonds. The average Bonchev–Trinajstić information content (AvgIpc) is 3.42. The highest BCUT2D eigenvalue weighted by atomic mass is 16.5. The van der Waals surface area contributed by atoms with Crippen LogP contribution in [0.1, 0.15) is 149 Å². The van der Waals surface area contributed by atoms with Gasteiger partial charge >= 0.3 is 0 Å². The normalized spacial score (nSPS) is 30.9. The van der Waals surface area contributed by atoms with E-state index in [1.165, 1.54) is 6.42 Å². The number of hydrogen-bond acceptors (Lipinski definition) is 6. The fraction of sp³-hybridized carbons (Fsp3) is 0.795. The van der Waals surface area contributed by atoms with Crippen molar-refractivity contribution in [1.29, 1.82) is 0 Å². The average molecular weight is 723 g/mol. The summed E-state index contributed by atoms with van der Waals surface area (Å²) in [6.45, 7) is 11.2. The Bertz CT molecular complexity index is 1290. The molecule has 292 valence electrons. The molecule has 0 heterocycles. The van der Waals surface area contributed by atoms with Gasteiger partial charge in [-0.2, -0.15) is 0 Å². The Morgan fingerprint density at radius 3 is 2.08 bits per heavy atom. The van der Waals surface area contributed by atoms with Crippen molar-refractivity contribution >= 4 is 17.6 Å². The molecule has 4 aliphatic carbocycles. The van der Waals surface area contributed by atoms with Gasteiger partial charge in [0.15, 0.2) is 0 Å². The van der Waals surface area contributed by atoms with Gasteiger partial charge in [-0.25, -0.2) is 0 Å². The maximum absolute atomic E-state index is 12.6. The standard InChI is InChI=1S/C44H70N2O6/c1-5-7-9-22-45-40(49)19-24-51-35-26-31(27-36(29-35)52-25-20-41(50)46-23-10-8-6-2)12-11-13-32-30-44(4)38(16-17-39(44)48)37-15-14-33-28-34(47)18-21-43(33,3)42(32)37/h26-27,29,32-33,37-39,42,48H,5-25,28,30H2,1-4H3,(H,45,49)(H,46,50)/t32-,33?,37-,38-,39-,42-,43-,44-/m0/s1. The van der Waals surface area contributed by atoms with Crippen LogP contribution < -0.4 is 20.1 Å². The maximum atomic E-state index is 12.6. The Morgan fingerprint density at radius 1 is 0.827 bits per heavy atom. The largest absolute Gasteiger partial charge is 0.493 e. The van der Waals surface area contributed by atoms with Gasteiger partial charge in [-0.15, -0.1) is 0 Å². The van der Waals surface area contributed by atoms with E-state index in [0.29, 0.717) is 72.8 Å². The second-order valence-corrected chi connectivity index (χ2v) is 17.4. The SMILES string of the molecule is CCCCCNC(=O)CCOc1cc(CCC[C@H]2C[C@]3(C)[C@@H](O)CC[C@H]3[C@@H]3CCC4CC(=O)CC[C@]4(C)[C@@H]23)cc(OCCC(=O)NCCCCC)c1. The number of rotatable bonds is 20. The summed E-state index contributed by atoms with van der Waals surface area (Å²) in [7, 11) is 0. The molecule has 0 saturated heterocycles. The smallest absolute Gasteiger partial charge is 0.223 e. The van der Waals surface area contributed by atoms with Crippen molar-refractivity contribution in [3.05, 3.63) is 23.8 Å². The Hall–Kier alpha value is -2.61. The molecule has 0 radical (unpaired) electrons. The number of aliphatic hydroxyl groups excluding tert-OH is 1. The number of ether oxygens (including phenoxy) is 2. The molecule has 52 heavy (non-hydrogen) atoms. The van der Waals surface area contributed by atoms with Crippen LogP contribution in [-0.4, -0.2) is 55.1 Å². The Morgan fingerprint density at radius 2 is 1.46 bits per heavy atom. The van der Waals surface area contributed by atoms with Gasteiger partial charge in [-0.1, -0.05) is 53.4 Å². The van der Waals surface area contributed by atoms with Crippen LogP contribution in [0.5, 0.6) is 11.5 Å². The van der Waals surface area contributed by atoms with E-state index in [2.05, 4.69) is 50.5 Å². The van der Waals surface area contributed by atoms with Crippen LogP contribution in [-0.2, 0) is 20.8 Å². The molecule has 1 aromatic rings. The lowest BCUT2D eigenvalue weighted by Gasteiger charge is -2.62. The fourth-order valence-corrected chi connectivity index (χ4v) is 11.1. The lowest BCUT2D eigenvalue weighted by atomic mass is 9.42. The summed E-state index contributed by atoms with van der Waals surface area (Å²) in [5.41, 5.74) is 1.32. The number of hydrogen-bond donors (Lipinski definition) is 3. The predicted molar refractivity (Wildman–Crippen MR) is 206 cm³/mol. The minimum absolute atomic E-state index is 0.00348. The molecule has 8 heteroatoms. The van der Waals surface area contributed by atoms with Gasteiger partial charge in [-0.3, -0.25) is 14.4 Å². The van der Waals surface area contributed by atoms with Crippen molar-refractivity contribution in [2.75, 3.05) is 26.3 Å². The molecule has 0 aliphatic heterocycles. The monoisotopic (exact) mass is 723 g/mol. The first-order chi connectivity index (χ1) is 25.1. The zero-order valence-electron chi connectivity index (χ0n) is 32.9. The van der Waals surface area contributed by atoms with Gasteiger partial charge in [0.2, 0.25) is 11.8 Å². The van der Waals surface area contributed by atoms with E-state index in [0.717, 1.165) is 108 Å². The molecule has 5 rings (SSSR count). The highest BCUT2D eigenvalue weighted by Crippen LogP contribution is 2.68. The first-order valence-corrected chi connectivity index (χ1v) is 21.2. The van der Waals surface area contributed by atoms with Gasteiger partial charge in [0.1, 0.15) is 17.3 Å². The second-order valence-electron chi connectivity index (χ2n) is 17.4. The second kappa shape index (κ2) is 19.1. The summed E-state index contributed by atoms with van der Waals surface area (Å²) in [4.78, 5) is 37.4. The van der Waals surface area contributed by atoms with E-state index in [9.17, 15) is 19.5 Å². The third-order valence-corrected chi connectivity index (χ3v) is 13.9. The number of amides is 2. The van der Waals surface area contributed by atoms with Gasteiger partial charge in [0, 0.05) is 32.0 Å². The minimum atomic E-state index is -0.218. The van der Waals surface area contributed by atoms with Crippen molar-refractivity contribution < 1.29 is 29.0 Å². The van der Waals surface area contributed by atoms with E-state index in [-0.39, 0.29) is 42.0 Å². The number of carbonyl (C=O) groups excluding carboxylic acids is 3. The van der Waals surface area contributed by atoms with E-state index < -0.39 is 0 Å². The Kier molecular flexibility index (Phi) is 14.9. The molecule has 0 spiro atoms. The van der Waals surface area contributed by atoms with Crippen LogP contribution in [0.4, 0.5) is 0 Å². The number of ketones is 1. The fourth-order valence-electron chi connectivity index (χ4n) is 11.1. The summed E-state index contributed by atoms with van der Waals surface area (Å²) >= 11 is 0. The van der Waals surface area contributed by atoms with E-state index in [1.54, 1.807) is 0 Å². The first-order valence-electron chi connectivity index (χ1n) is 21.2. The number of carbonyl (C=O) groups is 3. The number of aliphatic hydroxyl groups is 1. The third-order valence-electron chi connectivity index (χ3n) is 13.9. The Balaban J connectivity index is 1.24. The zero-order chi connectivity index (χ0) is 37.1. The number of fused-ring (bicyclic) bond motifs is 5. The predicted octanol–water partition coefficient (Wildman–Crippen LogP) is 8.36. The summed E-state index contributed by atoms with van der Waals surface area (Å²) in [6.07, 6.45) is 17.8. The van der Waals surface area contributed by atoms with Gasteiger partial charge < -0.3 is 25.2 Å². The van der Waals surface area contributed by atoms with Gasteiger partial charge in [-0.05, 0) is 129 Å². The quantitative estimate of drug-likeness (QED) is 0.117. The number of benzene rings is 1. The number of nitrogens with one attached hydrogen (secondary N) is 2. The number of Topliss-reactive ketones (excluding diaryl/α,β-unsaturated/α-hetero) is 1. The summed E-state index contributed by atoms with van der Waals surface area (Å²) in [5, 5.41) is 17.3. The molecule has 8 nitrogen and oxygen atoms in total. The van der Waals surface area contributed by atoms with Crippen LogP contribution in [0, 0.1) is 40.4 Å². The van der Waals surface area contributed by atoms with Crippen molar-refractivity contribution in [2.45, 2.75) is 156 Å². The molecule has 4 fully saturated rings. The lowest BCUT2D eigenvalue weighted by molar-refractivity contribution is -0.159. The molecule has 4 saturated carbocycles. The van der Waals surface area contributed by atoms with E-state index in [4.69, 9.17) is 9.47 Å². The zero-order valence-corrected chi connectivity index (χ0v) is 32.9. The van der Waals surface area contributed by atoms with E-state index >= 15 is 0 Å². The van der Waals surface area contributed by atoms with Crippen molar-refractivity contribution in [3.63, 3.8) is 0 Å². The summed E-state index contributed by atoms with van der Waals surface area (Å²) < 4.78 is 12.3. The van der Waals surface area contributed by atoms with Crippen molar-refractivity contribution in [1.82, 2.24) is 10.6 Å². The van der Waals surface area contributed by atoms with E-state index in [1.807, 2.05) is 6.07 Å². The summed E-state index contributed by atoms with van der Waals surface area (Å²) in [6, 6.07) is 6.04. The molecular formula is C44H70N2O6. The number of unbranched alkanes of at least 4 members (excludes halogenated alkanes) is 4. The first kappa shape index (κ1) is 40.6. The van der Waals surface area contributed by atoms with Crippen LogP contribution in [0.25, 0.3) is 0 Å². The molecule has 0 aromatic heterocycles. The number of aryl methyl sites for hydroxylation is 1. The maximum Gasteiger partial charge on any atom is 0.223 e. The molecule has 3 N–H and O–H groups in total. The van der Waals surface area contributed by atoms with Crippen LogP contribution >= 0.6 is 0 Å². The molecule has 4 aliphatic rings. The van der Waals surface area contributed by atoms with Crippen LogP contribution in [0.2, 0.25) is 0 Å².